The summed E-state index contributed by atoms with van der Waals surface area (Å²) in [5, 5.41) is 0. The highest BCUT2D eigenvalue weighted by Gasteiger charge is 2.30. The molecule has 0 aromatic heterocycles. The van der Waals surface area contributed by atoms with Gasteiger partial charge >= 0.3 is 6.18 Å². The van der Waals surface area contributed by atoms with E-state index in [2.05, 4.69) is 15.9 Å². The average molecular weight is 376 g/mol. The number of halogens is 4. The molecule has 0 spiro atoms. The Kier molecular flexibility index (Phi) is 4.53. The minimum atomic E-state index is -4.37. The van der Waals surface area contributed by atoms with Crippen molar-refractivity contribution < 1.29 is 17.9 Å². The fourth-order valence-electron chi connectivity index (χ4n) is 1.62. The summed E-state index contributed by atoms with van der Waals surface area (Å²) < 4.78 is 43.7. The smallest absolute Gasteiger partial charge is 0.416 e. The molecule has 0 amide bonds. The molecule has 0 aliphatic rings. The third-order valence-corrected chi connectivity index (χ3v) is 3.33. The van der Waals surface area contributed by atoms with Crippen LogP contribution in [-0.4, -0.2) is 4.99 Å². The summed E-state index contributed by atoms with van der Waals surface area (Å²) in [6, 6.07) is 9.44. The van der Waals surface area contributed by atoms with Gasteiger partial charge in [-0.1, -0.05) is 28.1 Å². The highest BCUT2D eigenvalue weighted by Crippen LogP contribution is 2.32. The van der Waals surface area contributed by atoms with Crippen molar-refractivity contribution in [3.05, 3.63) is 58.1 Å². The Hall–Kier alpha value is -1.60. The van der Waals surface area contributed by atoms with Crippen LogP contribution in [0.4, 0.5) is 13.2 Å². The van der Waals surface area contributed by atoms with E-state index in [1.807, 2.05) is 0 Å². The fourth-order valence-corrected chi connectivity index (χ4v) is 2.14. The number of benzene rings is 2. The van der Waals surface area contributed by atoms with Crippen LogP contribution < -0.4 is 10.5 Å². The molecule has 0 unspecified atom stereocenters. The molecular formula is C14H9BrF3NOS. The molecule has 0 atom stereocenters. The SMILES string of the molecule is NC(=S)c1cc(Br)ccc1Oc1ccc(C(F)(F)F)cc1. The average Bonchev–Trinajstić information content (AvgIpc) is 2.40. The molecule has 2 N–H and O–H groups in total. The van der Waals surface area contributed by atoms with E-state index in [4.69, 9.17) is 22.7 Å². The van der Waals surface area contributed by atoms with Gasteiger partial charge < -0.3 is 10.5 Å². The molecule has 2 aromatic rings. The molecule has 0 fully saturated rings. The van der Waals surface area contributed by atoms with E-state index < -0.39 is 11.7 Å². The van der Waals surface area contributed by atoms with Crippen LogP contribution in [0.5, 0.6) is 11.5 Å². The van der Waals surface area contributed by atoms with Crippen molar-refractivity contribution in [3.8, 4) is 11.5 Å². The van der Waals surface area contributed by atoms with Crippen LogP contribution in [0.2, 0.25) is 0 Å². The minimum Gasteiger partial charge on any atom is -0.457 e. The van der Waals surface area contributed by atoms with E-state index in [9.17, 15) is 13.2 Å². The summed E-state index contributed by atoms with van der Waals surface area (Å²) in [5.74, 6) is 0.647. The van der Waals surface area contributed by atoms with Gasteiger partial charge in [-0.05, 0) is 42.5 Å². The zero-order valence-corrected chi connectivity index (χ0v) is 12.8. The van der Waals surface area contributed by atoms with Gasteiger partial charge in [0, 0.05) is 4.47 Å². The summed E-state index contributed by atoms with van der Waals surface area (Å²) in [7, 11) is 0. The number of thiocarbonyl (C=S) groups is 1. The maximum atomic E-state index is 12.5. The van der Waals surface area contributed by atoms with Gasteiger partial charge in [-0.2, -0.15) is 13.2 Å². The van der Waals surface area contributed by atoms with Crippen molar-refractivity contribution in [2.75, 3.05) is 0 Å². The summed E-state index contributed by atoms with van der Waals surface area (Å²) in [4.78, 5) is 0.137. The van der Waals surface area contributed by atoms with Crippen molar-refractivity contribution in [1.82, 2.24) is 0 Å². The third-order valence-electron chi connectivity index (χ3n) is 2.62. The fraction of sp³-hybridized carbons (Fsp3) is 0.0714. The summed E-state index contributed by atoms with van der Waals surface area (Å²) >= 11 is 8.21. The molecule has 0 aliphatic heterocycles. The van der Waals surface area contributed by atoms with Crippen LogP contribution in [0.25, 0.3) is 0 Å². The predicted octanol–water partition coefficient (Wildman–Crippen LogP) is 4.89. The number of nitrogens with two attached hydrogens (primary N) is 1. The van der Waals surface area contributed by atoms with Gasteiger partial charge in [0.1, 0.15) is 16.5 Å². The Morgan fingerprint density at radius 3 is 2.24 bits per heavy atom. The lowest BCUT2D eigenvalue weighted by Crippen LogP contribution is -2.10. The van der Waals surface area contributed by atoms with E-state index in [1.54, 1.807) is 18.2 Å². The van der Waals surface area contributed by atoms with Gasteiger partial charge in [0.05, 0.1) is 11.1 Å². The van der Waals surface area contributed by atoms with Crippen LogP contribution >= 0.6 is 28.1 Å². The van der Waals surface area contributed by atoms with E-state index in [1.165, 1.54) is 12.1 Å². The molecule has 0 heterocycles. The first-order valence-corrected chi connectivity index (χ1v) is 6.92. The molecule has 2 nitrogen and oxygen atoms in total. The van der Waals surface area contributed by atoms with Gasteiger partial charge in [-0.3, -0.25) is 0 Å². The van der Waals surface area contributed by atoms with Gasteiger partial charge in [0.25, 0.3) is 0 Å². The topological polar surface area (TPSA) is 35.2 Å². The summed E-state index contributed by atoms with van der Waals surface area (Å²) in [6.45, 7) is 0. The number of rotatable bonds is 3. The van der Waals surface area contributed by atoms with Crippen molar-refractivity contribution >= 4 is 33.1 Å². The molecule has 0 aliphatic carbocycles. The second kappa shape index (κ2) is 6.03. The van der Waals surface area contributed by atoms with Crippen LogP contribution in [-0.2, 0) is 6.18 Å². The van der Waals surface area contributed by atoms with Crippen LogP contribution in [0.15, 0.2) is 46.9 Å². The first kappa shape index (κ1) is 15.8. The van der Waals surface area contributed by atoms with Crippen molar-refractivity contribution in [2.45, 2.75) is 6.18 Å². The molecule has 0 bridgehead atoms. The Bertz CT molecular complexity index is 671. The van der Waals surface area contributed by atoms with Gasteiger partial charge in [-0.25, -0.2) is 0 Å². The molecule has 2 aromatic carbocycles. The number of hydrogen-bond donors (Lipinski definition) is 1. The Balaban J connectivity index is 2.28. The Morgan fingerprint density at radius 1 is 1.10 bits per heavy atom. The maximum Gasteiger partial charge on any atom is 0.416 e. The molecule has 0 radical (unpaired) electrons. The zero-order valence-electron chi connectivity index (χ0n) is 10.4. The Labute approximate surface area is 132 Å². The van der Waals surface area contributed by atoms with Gasteiger partial charge in [0.2, 0.25) is 0 Å². The van der Waals surface area contributed by atoms with Crippen LogP contribution in [0, 0.1) is 0 Å². The molecule has 21 heavy (non-hydrogen) atoms. The lowest BCUT2D eigenvalue weighted by atomic mass is 10.2. The lowest BCUT2D eigenvalue weighted by Gasteiger charge is -2.12. The summed E-state index contributed by atoms with van der Waals surface area (Å²) in [6.07, 6.45) is -4.37. The zero-order chi connectivity index (χ0) is 15.6. The van der Waals surface area contributed by atoms with Crippen molar-refractivity contribution in [2.24, 2.45) is 5.73 Å². The monoisotopic (exact) mass is 375 g/mol. The van der Waals surface area contributed by atoms with Crippen LogP contribution in [0.3, 0.4) is 0 Å². The van der Waals surface area contributed by atoms with E-state index in [0.29, 0.717) is 11.3 Å². The van der Waals surface area contributed by atoms with E-state index in [0.717, 1.165) is 16.6 Å². The standard InChI is InChI=1S/C14H9BrF3NOS/c15-9-3-6-12(11(7-9)13(19)21)20-10-4-1-8(2-5-10)14(16,17)18/h1-7H,(H2,19,21). The number of ether oxygens (including phenoxy) is 1. The van der Waals surface area contributed by atoms with Gasteiger partial charge in [-0.15, -0.1) is 0 Å². The first-order valence-electron chi connectivity index (χ1n) is 5.72. The van der Waals surface area contributed by atoms with Crippen LogP contribution in [0.1, 0.15) is 11.1 Å². The molecule has 0 saturated heterocycles. The maximum absolute atomic E-state index is 12.5. The predicted molar refractivity (Wildman–Crippen MR) is 81.5 cm³/mol. The molecular weight excluding hydrogens is 367 g/mol. The highest BCUT2D eigenvalue weighted by atomic mass is 79.9. The molecule has 2 rings (SSSR count). The van der Waals surface area contributed by atoms with Crippen molar-refractivity contribution in [3.63, 3.8) is 0 Å². The first-order chi connectivity index (χ1) is 9.77. The second-order valence-electron chi connectivity index (χ2n) is 4.13. The normalized spacial score (nSPS) is 11.2. The Morgan fingerprint density at radius 2 is 1.71 bits per heavy atom. The van der Waals surface area contributed by atoms with Crippen molar-refractivity contribution in [1.29, 1.82) is 0 Å². The second-order valence-corrected chi connectivity index (χ2v) is 5.48. The van der Waals surface area contributed by atoms with E-state index >= 15 is 0 Å². The quantitative estimate of drug-likeness (QED) is 0.775. The number of alkyl halides is 3. The molecule has 7 heteroatoms. The van der Waals surface area contributed by atoms with Gasteiger partial charge in [0.15, 0.2) is 0 Å². The molecule has 0 saturated carbocycles. The van der Waals surface area contributed by atoms with E-state index in [-0.39, 0.29) is 10.7 Å². The largest absolute Gasteiger partial charge is 0.457 e. The third kappa shape index (κ3) is 3.95. The minimum absolute atomic E-state index is 0.137. The molecule has 110 valence electrons. The summed E-state index contributed by atoms with van der Waals surface area (Å²) in [5.41, 5.74) is 5.36. The highest BCUT2D eigenvalue weighted by molar-refractivity contribution is 9.10. The number of hydrogen-bond acceptors (Lipinski definition) is 2. The lowest BCUT2D eigenvalue weighted by molar-refractivity contribution is -0.137.